The van der Waals surface area contributed by atoms with E-state index in [0.29, 0.717) is 6.54 Å². The molecule has 1 aliphatic heterocycles. The molecular formula is C23H27N5O2. The number of aromatic nitrogens is 3. The smallest absolute Gasteiger partial charge is 0.219 e. The third kappa shape index (κ3) is 4.01. The largest absolute Gasteiger partial charge is 0.496 e. The van der Waals surface area contributed by atoms with Crippen molar-refractivity contribution in [2.75, 3.05) is 25.5 Å². The number of likely N-dealkylation sites (tertiary alicyclic amines) is 1. The standard InChI is InChI=1S/C23H27N5O2/c1-15-5-4-6-18(23(15)30-3)12-25-21-11-17(7-9-24-21)20-13-26-27-22(20)19-8-10-28(14-19)16(2)29/h4-7,9,11,13,19H,8,10,12,14H2,1-3H3,(H,24,25)(H,26,27)/t19-/m0/s1. The molecule has 1 fully saturated rings. The minimum Gasteiger partial charge on any atom is -0.496 e. The molecule has 2 aromatic heterocycles. The van der Waals surface area contributed by atoms with E-state index in [9.17, 15) is 4.79 Å². The first-order valence-corrected chi connectivity index (χ1v) is 10.2. The van der Waals surface area contributed by atoms with Crippen LogP contribution in [0.25, 0.3) is 11.1 Å². The normalized spacial score (nSPS) is 16.0. The Balaban J connectivity index is 1.52. The van der Waals surface area contributed by atoms with Gasteiger partial charge >= 0.3 is 0 Å². The van der Waals surface area contributed by atoms with Crippen molar-refractivity contribution in [1.82, 2.24) is 20.1 Å². The van der Waals surface area contributed by atoms with Crippen molar-refractivity contribution < 1.29 is 9.53 Å². The molecule has 3 heterocycles. The molecule has 0 saturated carbocycles. The van der Waals surface area contributed by atoms with E-state index in [1.807, 2.05) is 42.3 Å². The molecule has 1 aliphatic rings. The summed E-state index contributed by atoms with van der Waals surface area (Å²) in [7, 11) is 1.70. The number of para-hydroxylation sites is 1. The SMILES string of the molecule is COc1c(C)cccc1CNc1cc(-c2cn[nH]c2[C@H]2CCN(C(C)=O)C2)ccn1. The molecule has 0 bridgehead atoms. The predicted molar refractivity (Wildman–Crippen MR) is 116 cm³/mol. The molecule has 0 unspecified atom stereocenters. The van der Waals surface area contributed by atoms with Gasteiger partial charge in [-0.25, -0.2) is 4.98 Å². The zero-order chi connectivity index (χ0) is 21.1. The number of H-pyrrole nitrogens is 1. The number of benzene rings is 1. The number of aromatic amines is 1. The molecule has 4 rings (SSSR count). The number of aryl methyl sites for hydroxylation is 1. The lowest BCUT2D eigenvalue weighted by Crippen LogP contribution is -2.25. The Bertz CT molecular complexity index is 1050. The Kier molecular flexibility index (Phi) is 5.70. The Morgan fingerprint density at radius 1 is 1.37 bits per heavy atom. The maximum atomic E-state index is 11.7. The average Bonchev–Trinajstić information content (AvgIpc) is 3.42. The highest BCUT2D eigenvalue weighted by Gasteiger charge is 2.28. The van der Waals surface area contributed by atoms with Gasteiger partial charge in [0, 0.05) is 55.5 Å². The second-order valence-electron chi connectivity index (χ2n) is 7.70. The van der Waals surface area contributed by atoms with Crippen molar-refractivity contribution in [2.45, 2.75) is 32.7 Å². The van der Waals surface area contributed by atoms with Crippen LogP contribution >= 0.6 is 0 Å². The molecule has 0 radical (unpaired) electrons. The Morgan fingerprint density at radius 2 is 2.23 bits per heavy atom. The molecule has 2 N–H and O–H groups in total. The highest BCUT2D eigenvalue weighted by molar-refractivity contribution is 5.74. The minimum atomic E-state index is 0.125. The number of methoxy groups -OCH3 is 1. The number of nitrogens with zero attached hydrogens (tertiary/aromatic N) is 3. The number of hydrogen-bond acceptors (Lipinski definition) is 5. The molecule has 0 spiro atoms. The fraction of sp³-hybridized carbons (Fsp3) is 0.348. The first-order valence-electron chi connectivity index (χ1n) is 10.2. The number of carbonyl (C=O) groups excluding carboxylic acids is 1. The van der Waals surface area contributed by atoms with Crippen LogP contribution < -0.4 is 10.1 Å². The van der Waals surface area contributed by atoms with Gasteiger partial charge in [0.1, 0.15) is 11.6 Å². The molecule has 7 nitrogen and oxygen atoms in total. The van der Waals surface area contributed by atoms with Crippen molar-refractivity contribution in [3.63, 3.8) is 0 Å². The number of ether oxygens (including phenoxy) is 1. The minimum absolute atomic E-state index is 0.125. The zero-order valence-corrected chi connectivity index (χ0v) is 17.6. The third-order valence-electron chi connectivity index (χ3n) is 5.74. The highest BCUT2D eigenvalue weighted by Crippen LogP contribution is 2.34. The van der Waals surface area contributed by atoms with E-state index in [0.717, 1.165) is 59.0 Å². The highest BCUT2D eigenvalue weighted by atomic mass is 16.5. The summed E-state index contributed by atoms with van der Waals surface area (Å²) in [6, 6.07) is 10.1. The fourth-order valence-corrected chi connectivity index (χ4v) is 4.14. The van der Waals surface area contributed by atoms with Crippen LogP contribution in [0.5, 0.6) is 5.75 Å². The molecule has 1 atom stereocenters. The quantitative estimate of drug-likeness (QED) is 0.653. The van der Waals surface area contributed by atoms with Crippen LogP contribution in [0.2, 0.25) is 0 Å². The number of nitrogens with one attached hydrogen (secondary N) is 2. The van der Waals surface area contributed by atoms with Gasteiger partial charge in [-0.2, -0.15) is 5.10 Å². The molecule has 156 valence electrons. The summed E-state index contributed by atoms with van der Waals surface area (Å²) in [5, 5.41) is 10.8. The lowest BCUT2D eigenvalue weighted by Gasteiger charge is -2.15. The summed E-state index contributed by atoms with van der Waals surface area (Å²) >= 11 is 0. The maximum absolute atomic E-state index is 11.7. The zero-order valence-electron chi connectivity index (χ0n) is 17.6. The van der Waals surface area contributed by atoms with E-state index < -0.39 is 0 Å². The molecule has 7 heteroatoms. The van der Waals surface area contributed by atoms with Crippen LogP contribution in [0.3, 0.4) is 0 Å². The number of pyridine rings is 1. The van der Waals surface area contributed by atoms with E-state index in [4.69, 9.17) is 4.74 Å². The summed E-state index contributed by atoms with van der Waals surface area (Å²) in [5.41, 5.74) is 5.38. The van der Waals surface area contributed by atoms with Crippen molar-refractivity contribution in [1.29, 1.82) is 0 Å². The van der Waals surface area contributed by atoms with Crippen LogP contribution in [-0.4, -0.2) is 46.2 Å². The van der Waals surface area contributed by atoms with Crippen molar-refractivity contribution in [3.8, 4) is 16.9 Å². The molecule has 1 amide bonds. The van der Waals surface area contributed by atoms with Gasteiger partial charge in [0.25, 0.3) is 0 Å². The van der Waals surface area contributed by atoms with Gasteiger partial charge in [0.2, 0.25) is 5.91 Å². The van der Waals surface area contributed by atoms with E-state index in [1.54, 1.807) is 20.2 Å². The molecule has 0 aliphatic carbocycles. The van der Waals surface area contributed by atoms with Gasteiger partial charge in [0.15, 0.2) is 0 Å². The van der Waals surface area contributed by atoms with Crippen LogP contribution in [0, 0.1) is 6.92 Å². The number of hydrogen-bond donors (Lipinski definition) is 2. The molecule has 1 saturated heterocycles. The first-order chi connectivity index (χ1) is 14.6. The Labute approximate surface area is 176 Å². The van der Waals surface area contributed by atoms with Crippen LogP contribution in [0.4, 0.5) is 5.82 Å². The second kappa shape index (κ2) is 8.57. The summed E-state index contributed by atoms with van der Waals surface area (Å²) in [6.07, 6.45) is 4.60. The van der Waals surface area contributed by atoms with Crippen LogP contribution in [0.15, 0.2) is 42.7 Å². The van der Waals surface area contributed by atoms with Gasteiger partial charge in [-0.05, 0) is 36.6 Å². The summed E-state index contributed by atoms with van der Waals surface area (Å²) < 4.78 is 5.54. The van der Waals surface area contributed by atoms with Crippen molar-refractivity contribution in [2.24, 2.45) is 0 Å². The lowest BCUT2D eigenvalue weighted by molar-refractivity contribution is -0.127. The molecule has 30 heavy (non-hydrogen) atoms. The monoisotopic (exact) mass is 405 g/mol. The van der Waals surface area contributed by atoms with E-state index in [1.165, 1.54) is 0 Å². The predicted octanol–water partition coefficient (Wildman–Crippen LogP) is 3.74. The van der Waals surface area contributed by atoms with Crippen molar-refractivity contribution in [3.05, 3.63) is 59.5 Å². The summed E-state index contributed by atoms with van der Waals surface area (Å²) in [5.74, 6) is 2.09. The van der Waals surface area contributed by atoms with E-state index in [2.05, 4.69) is 26.6 Å². The van der Waals surface area contributed by atoms with Gasteiger partial charge in [-0.3, -0.25) is 9.89 Å². The Hall–Kier alpha value is -3.35. The lowest BCUT2D eigenvalue weighted by atomic mass is 9.97. The van der Waals surface area contributed by atoms with Gasteiger partial charge in [-0.1, -0.05) is 18.2 Å². The Morgan fingerprint density at radius 3 is 3.00 bits per heavy atom. The topological polar surface area (TPSA) is 83.1 Å². The van der Waals surface area contributed by atoms with Gasteiger partial charge < -0.3 is 15.0 Å². The van der Waals surface area contributed by atoms with E-state index in [-0.39, 0.29) is 11.8 Å². The second-order valence-corrected chi connectivity index (χ2v) is 7.70. The summed E-state index contributed by atoms with van der Waals surface area (Å²) in [6.45, 7) is 5.81. The molecule has 3 aromatic rings. The number of amides is 1. The van der Waals surface area contributed by atoms with E-state index >= 15 is 0 Å². The maximum Gasteiger partial charge on any atom is 0.219 e. The molecular weight excluding hydrogens is 378 g/mol. The summed E-state index contributed by atoms with van der Waals surface area (Å²) in [4.78, 5) is 18.1. The number of anilines is 1. The molecule has 1 aromatic carbocycles. The number of carbonyl (C=O) groups is 1. The van der Waals surface area contributed by atoms with Crippen LogP contribution in [0.1, 0.15) is 36.1 Å². The fourth-order valence-electron chi connectivity index (χ4n) is 4.14. The third-order valence-corrected chi connectivity index (χ3v) is 5.74. The average molecular weight is 406 g/mol. The van der Waals surface area contributed by atoms with Gasteiger partial charge in [-0.15, -0.1) is 0 Å². The van der Waals surface area contributed by atoms with Crippen molar-refractivity contribution >= 4 is 11.7 Å². The first kappa shape index (κ1) is 19.9. The number of rotatable bonds is 6. The van der Waals surface area contributed by atoms with Gasteiger partial charge in [0.05, 0.1) is 13.3 Å². The van der Waals surface area contributed by atoms with Crippen LogP contribution in [-0.2, 0) is 11.3 Å².